The Morgan fingerprint density at radius 2 is 2.05 bits per heavy atom. The van der Waals surface area contributed by atoms with Crippen LogP contribution in [0.3, 0.4) is 0 Å². The third kappa shape index (κ3) is 3.77. The summed E-state index contributed by atoms with van der Waals surface area (Å²) in [7, 11) is 0. The second kappa shape index (κ2) is 7.01. The number of rotatable bonds is 5. The van der Waals surface area contributed by atoms with E-state index in [0.717, 1.165) is 17.5 Å². The SMILES string of the molecule is CCC1CCCCC1OCc1ccc(F)cc1CN. The lowest BCUT2D eigenvalue weighted by Gasteiger charge is -2.31. The summed E-state index contributed by atoms with van der Waals surface area (Å²) >= 11 is 0. The van der Waals surface area contributed by atoms with Gasteiger partial charge in [0.2, 0.25) is 0 Å². The van der Waals surface area contributed by atoms with Crippen LogP contribution in [0.2, 0.25) is 0 Å². The van der Waals surface area contributed by atoms with Crippen LogP contribution in [0.5, 0.6) is 0 Å². The minimum absolute atomic E-state index is 0.228. The van der Waals surface area contributed by atoms with Gasteiger partial charge in [-0.15, -0.1) is 0 Å². The third-order valence-electron chi connectivity index (χ3n) is 4.20. The highest BCUT2D eigenvalue weighted by molar-refractivity contribution is 5.27. The van der Waals surface area contributed by atoms with Crippen molar-refractivity contribution in [3.05, 3.63) is 35.1 Å². The quantitative estimate of drug-likeness (QED) is 0.879. The van der Waals surface area contributed by atoms with E-state index in [1.807, 2.05) is 0 Å². The first-order chi connectivity index (χ1) is 9.24. The summed E-state index contributed by atoms with van der Waals surface area (Å²) in [5, 5.41) is 0. The zero-order valence-corrected chi connectivity index (χ0v) is 11.7. The Hall–Kier alpha value is -0.930. The molecule has 0 bridgehead atoms. The van der Waals surface area contributed by atoms with Gasteiger partial charge >= 0.3 is 0 Å². The van der Waals surface area contributed by atoms with E-state index in [0.29, 0.717) is 25.2 Å². The average molecular weight is 265 g/mol. The van der Waals surface area contributed by atoms with Crippen molar-refractivity contribution >= 4 is 0 Å². The number of nitrogens with two attached hydrogens (primary N) is 1. The van der Waals surface area contributed by atoms with Crippen molar-refractivity contribution in [1.82, 2.24) is 0 Å². The van der Waals surface area contributed by atoms with Gasteiger partial charge in [-0.2, -0.15) is 0 Å². The normalized spacial score (nSPS) is 23.5. The maximum atomic E-state index is 13.1. The molecule has 1 fully saturated rings. The van der Waals surface area contributed by atoms with E-state index >= 15 is 0 Å². The second-order valence-electron chi connectivity index (χ2n) is 5.42. The molecular weight excluding hydrogens is 241 g/mol. The minimum Gasteiger partial charge on any atom is -0.373 e. The van der Waals surface area contributed by atoms with Crippen LogP contribution in [-0.4, -0.2) is 6.10 Å². The summed E-state index contributed by atoms with van der Waals surface area (Å²) in [5.74, 6) is 0.448. The molecule has 0 amide bonds. The van der Waals surface area contributed by atoms with E-state index in [2.05, 4.69) is 6.92 Å². The van der Waals surface area contributed by atoms with E-state index in [-0.39, 0.29) is 5.82 Å². The lowest BCUT2D eigenvalue weighted by atomic mass is 9.85. The van der Waals surface area contributed by atoms with Gasteiger partial charge in [0.25, 0.3) is 0 Å². The number of benzene rings is 1. The zero-order valence-electron chi connectivity index (χ0n) is 11.7. The van der Waals surface area contributed by atoms with Gasteiger partial charge in [0, 0.05) is 6.54 Å². The molecule has 2 unspecified atom stereocenters. The number of ether oxygens (including phenoxy) is 1. The minimum atomic E-state index is -0.228. The summed E-state index contributed by atoms with van der Waals surface area (Å²) in [4.78, 5) is 0. The van der Waals surface area contributed by atoms with Crippen LogP contribution in [0.4, 0.5) is 4.39 Å². The van der Waals surface area contributed by atoms with Gasteiger partial charge in [-0.3, -0.25) is 0 Å². The highest BCUT2D eigenvalue weighted by Crippen LogP contribution is 2.30. The maximum Gasteiger partial charge on any atom is 0.123 e. The Bertz CT molecular complexity index is 408. The van der Waals surface area contributed by atoms with Gasteiger partial charge in [-0.1, -0.05) is 32.3 Å². The van der Waals surface area contributed by atoms with Gasteiger partial charge in [0.05, 0.1) is 12.7 Å². The predicted octanol–water partition coefficient (Wildman–Crippen LogP) is 3.77. The van der Waals surface area contributed by atoms with Crippen LogP contribution in [0.25, 0.3) is 0 Å². The van der Waals surface area contributed by atoms with E-state index < -0.39 is 0 Å². The first-order valence-corrected chi connectivity index (χ1v) is 7.33. The predicted molar refractivity (Wildman–Crippen MR) is 75.1 cm³/mol. The van der Waals surface area contributed by atoms with Crippen molar-refractivity contribution in [2.45, 2.75) is 58.3 Å². The van der Waals surface area contributed by atoms with Crippen LogP contribution in [0, 0.1) is 11.7 Å². The van der Waals surface area contributed by atoms with Crippen molar-refractivity contribution in [3.63, 3.8) is 0 Å². The number of hydrogen-bond acceptors (Lipinski definition) is 2. The van der Waals surface area contributed by atoms with Crippen LogP contribution in [-0.2, 0) is 17.9 Å². The molecule has 1 aliphatic rings. The molecule has 1 saturated carbocycles. The molecule has 0 saturated heterocycles. The van der Waals surface area contributed by atoms with Crippen molar-refractivity contribution in [3.8, 4) is 0 Å². The molecule has 19 heavy (non-hydrogen) atoms. The average Bonchev–Trinajstić information content (AvgIpc) is 2.46. The molecule has 1 aromatic rings. The Labute approximate surface area is 115 Å². The van der Waals surface area contributed by atoms with Crippen molar-refractivity contribution in [1.29, 1.82) is 0 Å². The molecule has 106 valence electrons. The molecular formula is C16H24FNO. The summed E-state index contributed by atoms with van der Waals surface area (Å²) < 4.78 is 19.2. The maximum absolute atomic E-state index is 13.1. The van der Waals surface area contributed by atoms with Crippen molar-refractivity contribution in [2.75, 3.05) is 0 Å². The van der Waals surface area contributed by atoms with E-state index in [1.54, 1.807) is 6.07 Å². The third-order valence-corrected chi connectivity index (χ3v) is 4.20. The van der Waals surface area contributed by atoms with E-state index in [1.165, 1.54) is 37.8 Å². The van der Waals surface area contributed by atoms with Gasteiger partial charge < -0.3 is 10.5 Å². The molecule has 1 aliphatic carbocycles. The molecule has 0 heterocycles. The monoisotopic (exact) mass is 265 g/mol. The lowest BCUT2D eigenvalue weighted by Crippen LogP contribution is -2.27. The number of hydrogen-bond donors (Lipinski definition) is 1. The van der Waals surface area contributed by atoms with Gasteiger partial charge in [0.15, 0.2) is 0 Å². The van der Waals surface area contributed by atoms with Crippen molar-refractivity contribution < 1.29 is 9.13 Å². The highest BCUT2D eigenvalue weighted by Gasteiger charge is 2.24. The fourth-order valence-electron chi connectivity index (χ4n) is 2.98. The van der Waals surface area contributed by atoms with Gasteiger partial charge in [0.1, 0.15) is 5.82 Å². The number of halogens is 1. The first kappa shape index (κ1) is 14.5. The van der Waals surface area contributed by atoms with E-state index in [9.17, 15) is 4.39 Å². The molecule has 0 radical (unpaired) electrons. The van der Waals surface area contributed by atoms with Crippen molar-refractivity contribution in [2.24, 2.45) is 11.7 Å². The van der Waals surface area contributed by atoms with Gasteiger partial charge in [-0.05, 0) is 42.0 Å². The smallest absolute Gasteiger partial charge is 0.123 e. The molecule has 1 aromatic carbocycles. The van der Waals surface area contributed by atoms with Crippen LogP contribution < -0.4 is 5.73 Å². The molecule has 2 N–H and O–H groups in total. The van der Waals surface area contributed by atoms with Crippen LogP contribution in [0.15, 0.2) is 18.2 Å². The van der Waals surface area contributed by atoms with Crippen LogP contribution >= 0.6 is 0 Å². The highest BCUT2D eigenvalue weighted by atomic mass is 19.1. The lowest BCUT2D eigenvalue weighted by molar-refractivity contribution is -0.0224. The molecule has 2 rings (SSSR count). The fraction of sp³-hybridized carbons (Fsp3) is 0.625. The Morgan fingerprint density at radius 3 is 2.79 bits per heavy atom. The largest absolute Gasteiger partial charge is 0.373 e. The summed E-state index contributed by atoms with van der Waals surface area (Å²) in [5.41, 5.74) is 7.53. The Kier molecular flexibility index (Phi) is 5.34. The Balaban J connectivity index is 1.97. The fourth-order valence-corrected chi connectivity index (χ4v) is 2.98. The topological polar surface area (TPSA) is 35.2 Å². The van der Waals surface area contributed by atoms with Gasteiger partial charge in [-0.25, -0.2) is 4.39 Å². The summed E-state index contributed by atoms with van der Waals surface area (Å²) in [6.45, 7) is 3.14. The zero-order chi connectivity index (χ0) is 13.7. The van der Waals surface area contributed by atoms with Crippen LogP contribution in [0.1, 0.15) is 50.2 Å². The molecule has 0 aliphatic heterocycles. The molecule has 0 spiro atoms. The Morgan fingerprint density at radius 1 is 1.26 bits per heavy atom. The molecule has 2 nitrogen and oxygen atoms in total. The molecule has 0 aromatic heterocycles. The molecule has 2 atom stereocenters. The standard InChI is InChI=1S/C16H24FNO/c1-2-12-5-3-4-6-16(12)19-11-13-7-8-15(17)9-14(13)10-18/h7-9,12,16H,2-6,10-11,18H2,1H3. The second-order valence-corrected chi connectivity index (χ2v) is 5.42. The first-order valence-electron chi connectivity index (χ1n) is 7.33. The molecule has 3 heteroatoms. The summed E-state index contributed by atoms with van der Waals surface area (Å²) in [6.07, 6.45) is 6.54. The summed E-state index contributed by atoms with van der Waals surface area (Å²) in [6, 6.07) is 4.79. The van der Waals surface area contributed by atoms with E-state index in [4.69, 9.17) is 10.5 Å².